The van der Waals surface area contributed by atoms with E-state index in [0.29, 0.717) is 19.4 Å². The minimum absolute atomic E-state index is 0.0385. The van der Waals surface area contributed by atoms with Gasteiger partial charge in [0.2, 0.25) is 5.91 Å². The van der Waals surface area contributed by atoms with Crippen LogP contribution in [-0.2, 0) is 11.2 Å². The van der Waals surface area contributed by atoms with Crippen molar-refractivity contribution in [2.24, 2.45) is 0 Å². The third-order valence-electron chi connectivity index (χ3n) is 3.99. The van der Waals surface area contributed by atoms with Crippen LogP contribution in [0.2, 0.25) is 0 Å². The molecule has 4 heteroatoms. The first-order valence-electron chi connectivity index (χ1n) is 7.28. The van der Waals surface area contributed by atoms with E-state index in [1.807, 2.05) is 19.9 Å². The molecule has 0 aliphatic rings. The van der Waals surface area contributed by atoms with Crippen LogP contribution in [0, 0.1) is 13.8 Å². The first kappa shape index (κ1) is 15.6. The zero-order valence-corrected chi connectivity index (χ0v) is 13.1. The predicted molar refractivity (Wildman–Crippen MR) is 83.3 cm³/mol. The van der Waals surface area contributed by atoms with Crippen molar-refractivity contribution in [3.05, 3.63) is 35.1 Å². The Morgan fingerprint density at radius 1 is 1.38 bits per heavy atom. The van der Waals surface area contributed by atoms with Gasteiger partial charge in [-0.05, 0) is 38.3 Å². The molecule has 1 unspecified atom stereocenters. The van der Waals surface area contributed by atoms with E-state index in [0.717, 1.165) is 22.1 Å². The van der Waals surface area contributed by atoms with Gasteiger partial charge in [-0.25, -0.2) is 0 Å². The van der Waals surface area contributed by atoms with Crippen LogP contribution in [-0.4, -0.2) is 35.6 Å². The van der Waals surface area contributed by atoms with Crippen LogP contribution in [0.25, 0.3) is 11.0 Å². The number of aliphatic hydroxyl groups excluding tert-OH is 1. The van der Waals surface area contributed by atoms with Crippen LogP contribution in [0.4, 0.5) is 0 Å². The number of rotatable bonds is 5. The molecule has 0 saturated heterocycles. The Morgan fingerprint density at radius 3 is 2.76 bits per heavy atom. The molecular formula is C17H23NO3. The van der Waals surface area contributed by atoms with Gasteiger partial charge in [-0.15, -0.1) is 0 Å². The summed E-state index contributed by atoms with van der Waals surface area (Å²) < 4.78 is 5.63. The van der Waals surface area contributed by atoms with Gasteiger partial charge < -0.3 is 14.4 Å². The molecular weight excluding hydrogens is 266 g/mol. The number of nitrogens with zero attached hydrogens (tertiary/aromatic N) is 1. The lowest BCUT2D eigenvalue weighted by Gasteiger charge is -2.17. The fourth-order valence-electron chi connectivity index (χ4n) is 2.33. The molecule has 2 rings (SSSR count). The van der Waals surface area contributed by atoms with Gasteiger partial charge in [0.1, 0.15) is 5.58 Å². The van der Waals surface area contributed by atoms with Gasteiger partial charge in [0.25, 0.3) is 0 Å². The van der Waals surface area contributed by atoms with E-state index in [9.17, 15) is 9.90 Å². The first-order chi connectivity index (χ1) is 9.90. The lowest BCUT2D eigenvalue weighted by molar-refractivity contribution is -0.129. The quantitative estimate of drug-likeness (QED) is 0.921. The van der Waals surface area contributed by atoms with Crippen molar-refractivity contribution in [2.45, 2.75) is 39.7 Å². The third kappa shape index (κ3) is 3.45. The second-order valence-corrected chi connectivity index (χ2v) is 5.77. The number of carbonyl (C=O) groups excluding carboxylic acids is 1. The van der Waals surface area contributed by atoms with Crippen LogP contribution >= 0.6 is 0 Å². The zero-order chi connectivity index (χ0) is 15.6. The van der Waals surface area contributed by atoms with Gasteiger partial charge in [0.05, 0.1) is 18.8 Å². The average molecular weight is 289 g/mol. The summed E-state index contributed by atoms with van der Waals surface area (Å²) in [5.41, 5.74) is 4.09. The molecule has 114 valence electrons. The third-order valence-corrected chi connectivity index (χ3v) is 3.99. The maximum absolute atomic E-state index is 12.2. The predicted octanol–water partition coefficient (Wildman–Crippen LogP) is 2.82. The summed E-state index contributed by atoms with van der Waals surface area (Å²) in [6, 6.07) is 4.07. The highest BCUT2D eigenvalue weighted by atomic mass is 16.3. The van der Waals surface area contributed by atoms with Crippen molar-refractivity contribution in [3.63, 3.8) is 0 Å². The second kappa shape index (κ2) is 6.31. The Bertz CT molecular complexity index is 643. The van der Waals surface area contributed by atoms with Crippen molar-refractivity contribution >= 4 is 16.9 Å². The molecule has 21 heavy (non-hydrogen) atoms. The molecule has 0 spiro atoms. The van der Waals surface area contributed by atoms with E-state index in [1.54, 1.807) is 25.1 Å². The lowest BCUT2D eigenvalue weighted by Crippen LogP contribution is -2.30. The molecule has 0 aliphatic heterocycles. The van der Waals surface area contributed by atoms with E-state index in [2.05, 4.69) is 6.07 Å². The topological polar surface area (TPSA) is 53.7 Å². The number of aryl methyl sites for hydroxylation is 2. The Hall–Kier alpha value is -1.81. The maximum Gasteiger partial charge on any atom is 0.226 e. The number of hydrogen-bond acceptors (Lipinski definition) is 3. The van der Waals surface area contributed by atoms with Crippen LogP contribution in [0.5, 0.6) is 0 Å². The minimum Gasteiger partial charge on any atom is -0.464 e. The Kier molecular flexibility index (Phi) is 4.68. The minimum atomic E-state index is -0.388. The largest absolute Gasteiger partial charge is 0.464 e. The molecule has 4 nitrogen and oxygen atoms in total. The van der Waals surface area contributed by atoms with Gasteiger partial charge in [0, 0.05) is 24.5 Å². The number of hydrogen-bond donors (Lipinski definition) is 1. The van der Waals surface area contributed by atoms with E-state index in [-0.39, 0.29) is 12.0 Å². The molecule has 1 heterocycles. The molecule has 1 aromatic carbocycles. The van der Waals surface area contributed by atoms with Gasteiger partial charge in [-0.1, -0.05) is 12.1 Å². The highest BCUT2D eigenvalue weighted by molar-refractivity contribution is 5.89. The molecule has 0 radical (unpaired) electrons. The van der Waals surface area contributed by atoms with E-state index >= 15 is 0 Å². The summed E-state index contributed by atoms with van der Waals surface area (Å²) >= 11 is 0. The van der Waals surface area contributed by atoms with Crippen molar-refractivity contribution < 1.29 is 14.3 Å². The maximum atomic E-state index is 12.2. The van der Waals surface area contributed by atoms with E-state index < -0.39 is 0 Å². The first-order valence-corrected chi connectivity index (χ1v) is 7.28. The summed E-state index contributed by atoms with van der Waals surface area (Å²) in [6.07, 6.45) is 2.20. The molecule has 1 atom stereocenters. The van der Waals surface area contributed by atoms with E-state index in [1.165, 1.54) is 5.56 Å². The lowest BCUT2D eigenvalue weighted by atomic mass is 10.0. The summed E-state index contributed by atoms with van der Waals surface area (Å²) in [4.78, 5) is 13.9. The monoisotopic (exact) mass is 289 g/mol. The number of aliphatic hydroxyl groups is 1. The van der Waals surface area contributed by atoms with Gasteiger partial charge in [-0.2, -0.15) is 0 Å². The average Bonchev–Trinajstić information content (AvgIpc) is 2.83. The van der Waals surface area contributed by atoms with E-state index in [4.69, 9.17) is 4.42 Å². The highest BCUT2D eigenvalue weighted by Crippen LogP contribution is 2.26. The van der Waals surface area contributed by atoms with Crippen molar-refractivity contribution in [1.29, 1.82) is 0 Å². The molecule has 0 bridgehead atoms. The summed E-state index contributed by atoms with van der Waals surface area (Å²) in [5.74, 6) is 0.0385. The Labute approximate surface area is 125 Å². The Morgan fingerprint density at radius 2 is 2.10 bits per heavy atom. The molecule has 1 amide bonds. The normalized spacial score (nSPS) is 12.6. The fraction of sp³-hybridized carbons (Fsp3) is 0.471. The summed E-state index contributed by atoms with van der Waals surface area (Å²) in [5, 5.41) is 10.3. The van der Waals surface area contributed by atoms with Crippen molar-refractivity contribution in [1.82, 2.24) is 4.90 Å². The van der Waals surface area contributed by atoms with Crippen molar-refractivity contribution in [3.8, 4) is 0 Å². The zero-order valence-electron chi connectivity index (χ0n) is 13.1. The number of furan rings is 1. The van der Waals surface area contributed by atoms with Gasteiger partial charge in [-0.3, -0.25) is 4.79 Å². The van der Waals surface area contributed by atoms with Crippen LogP contribution < -0.4 is 0 Å². The number of carbonyl (C=O) groups is 1. The number of amides is 1. The number of fused-ring (bicyclic) bond motifs is 1. The van der Waals surface area contributed by atoms with Crippen LogP contribution in [0.3, 0.4) is 0 Å². The van der Waals surface area contributed by atoms with Gasteiger partial charge in [0.15, 0.2) is 0 Å². The van der Waals surface area contributed by atoms with Crippen molar-refractivity contribution in [2.75, 3.05) is 13.6 Å². The highest BCUT2D eigenvalue weighted by Gasteiger charge is 2.15. The standard InChI is InChI=1S/C17H23NO3/c1-11-5-6-15-14(10-21-17(15)13(11)3)9-16(20)18(4)8-7-12(2)19/h5-6,10,12,19H,7-9H2,1-4H3. The smallest absolute Gasteiger partial charge is 0.226 e. The van der Waals surface area contributed by atoms with Gasteiger partial charge >= 0.3 is 0 Å². The number of benzene rings is 1. The van der Waals surface area contributed by atoms with Crippen LogP contribution in [0.1, 0.15) is 30.0 Å². The summed E-state index contributed by atoms with van der Waals surface area (Å²) in [6.45, 7) is 6.37. The fourth-order valence-corrected chi connectivity index (χ4v) is 2.33. The molecule has 1 N–H and O–H groups in total. The second-order valence-electron chi connectivity index (χ2n) is 5.77. The van der Waals surface area contributed by atoms with Crippen LogP contribution in [0.15, 0.2) is 22.8 Å². The molecule has 2 aromatic rings. The summed E-state index contributed by atoms with van der Waals surface area (Å²) in [7, 11) is 1.77. The number of likely N-dealkylation sites (N-methyl/N-ethyl adjacent to an activating group) is 1. The molecule has 1 aromatic heterocycles. The Balaban J connectivity index is 2.13. The molecule has 0 fully saturated rings. The molecule has 0 saturated carbocycles. The molecule has 0 aliphatic carbocycles. The SMILES string of the molecule is Cc1ccc2c(CC(=O)N(C)CCC(C)O)coc2c1C.